The maximum absolute atomic E-state index is 8.72. The molecule has 0 aliphatic rings. The Balaban J connectivity index is 2.67. The Hall–Kier alpha value is -1.35. The van der Waals surface area contributed by atoms with Gasteiger partial charge in [-0.15, -0.1) is 5.16 Å². The van der Waals surface area contributed by atoms with Crippen molar-refractivity contribution in [3.63, 3.8) is 0 Å². The summed E-state index contributed by atoms with van der Waals surface area (Å²) in [6.07, 6.45) is 3.02. The van der Waals surface area contributed by atoms with Crippen LogP contribution in [0, 0.1) is 0 Å². The lowest BCUT2D eigenvalue weighted by Crippen LogP contribution is -2.01. The number of benzene rings is 1. The standard InChI is InChI=1S/C11H15NO2/c13-8-4-7-11(9-12-14)10-5-2-1-3-6-10/h1-3,5-6,9,11,13-14H,4,7-8H2. The van der Waals surface area contributed by atoms with Crippen molar-refractivity contribution in [3.05, 3.63) is 35.9 Å². The number of nitrogens with zero attached hydrogens (tertiary/aromatic N) is 1. The molecule has 76 valence electrons. The molecule has 14 heavy (non-hydrogen) atoms. The van der Waals surface area contributed by atoms with Gasteiger partial charge in [-0.1, -0.05) is 30.3 Å². The average Bonchev–Trinajstić information content (AvgIpc) is 2.25. The molecule has 0 saturated heterocycles. The van der Waals surface area contributed by atoms with Crippen LogP contribution < -0.4 is 0 Å². The molecule has 0 bridgehead atoms. The monoisotopic (exact) mass is 193 g/mol. The Bertz CT molecular complexity index is 272. The van der Waals surface area contributed by atoms with Gasteiger partial charge < -0.3 is 10.3 Å². The first-order chi connectivity index (χ1) is 6.88. The molecule has 3 heteroatoms. The summed E-state index contributed by atoms with van der Waals surface area (Å²) in [5.74, 6) is 0.0911. The first-order valence-corrected chi connectivity index (χ1v) is 4.72. The Morgan fingerprint density at radius 2 is 2.00 bits per heavy atom. The average molecular weight is 193 g/mol. The molecular weight excluding hydrogens is 178 g/mol. The second kappa shape index (κ2) is 6.16. The zero-order valence-corrected chi connectivity index (χ0v) is 8.00. The third-order valence-electron chi connectivity index (χ3n) is 2.15. The SMILES string of the molecule is OCCCC(C=NO)c1ccccc1. The third-order valence-corrected chi connectivity index (χ3v) is 2.15. The van der Waals surface area contributed by atoms with Crippen LogP contribution in [0.15, 0.2) is 35.5 Å². The van der Waals surface area contributed by atoms with Crippen molar-refractivity contribution in [2.45, 2.75) is 18.8 Å². The molecule has 3 nitrogen and oxygen atoms in total. The fraction of sp³-hybridized carbons (Fsp3) is 0.364. The Morgan fingerprint density at radius 1 is 1.29 bits per heavy atom. The first kappa shape index (κ1) is 10.7. The number of aliphatic hydroxyl groups excluding tert-OH is 1. The van der Waals surface area contributed by atoms with Gasteiger partial charge in [-0.3, -0.25) is 0 Å². The Morgan fingerprint density at radius 3 is 2.57 bits per heavy atom. The molecule has 0 spiro atoms. The van der Waals surface area contributed by atoms with Crippen LogP contribution in [0.4, 0.5) is 0 Å². The van der Waals surface area contributed by atoms with Gasteiger partial charge in [0.2, 0.25) is 0 Å². The van der Waals surface area contributed by atoms with Gasteiger partial charge in [-0.25, -0.2) is 0 Å². The van der Waals surface area contributed by atoms with E-state index in [0.29, 0.717) is 6.42 Å². The van der Waals surface area contributed by atoms with Crippen LogP contribution in [0.25, 0.3) is 0 Å². The van der Waals surface area contributed by atoms with E-state index >= 15 is 0 Å². The fourth-order valence-electron chi connectivity index (χ4n) is 1.42. The van der Waals surface area contributed by atoms with Crippen LogP contribution in [0.2, 0.25) is 0 Å². The maximum atomic E-state index is 8.72. The van der Waals surface area contributed by atoms with Gasteiger partial charge in [0.1, 0.15) is 0 Å². The molecule has 0 fully saturated rings. The van der Waals surface area contributed by atoms with Crippen LogP contribution in [-0.2, 0) is 0 Å². The van der Waals surface area contributed by atoms with E-state index in [1.165, 1.54) is 6.21 Å². The number of rotatable bonds is 5. The van der Waals surface area contributed by atoms with Crippen molar-refractivity contribution >= 4 is 6.21 Å². The predicted octanol–water partition coefficient (Wildman–Crippen LogP) is 2.00. The zero-order valence-electron chi connectivity index (χ0n) is 8.00. The lowest BCUT2D eigenvalue weighted by atomic mass is 9.96. The molecule has 1 atom stereocenters. The van der Waals surface area contributed by atoms with Gasteiger partial charge in [0.05, 0.1) is 6.21 Å². The number of hydrogen-bond donors (Lipinski definition) is 2. The number of aliphatic hydroxyl groups is 1. The topological polar surface area (TPSA) is 52.8 Å². The molecule has 0 aromatic heterocycles. The molecule has 1 aromatic carbocycles. The number of oxime groups is 1. The maximum Gasteiger partial charge on any atom is 0.0510 e. The van der Waals surface area contributed by atoms with Crippen molar-refractivity contribution in [3.8, 4) is 0 Å². The van der Waals surface area contributed by atoms with Crippen molar-refractivity contribution in [2.75, 3.05) is 6.61 Å². The van der Waals surface area contributed by atoms with Gasteiger partial charge in [0, 0.05) is 12.5 Å². The van der Waals surface area contributed by atoms with Gasteiger partial charge >= 0.3 is 0 Å². The highest BCUT2D eigenvalue weighted by molar-refractivity contribution is 5.67. The Labute approximate surface area is 83.7 Å². The lowest BCUT2D eigenvalue weighted by molar-refractivity contribution is 0.282. The molecule has 2 N–H and O–H groups in total. The summed E-state index contributed by atoms with van der Waals surface area (Å²) in [4.78, 5) is 0. The van der Waals surface area contributed by atoms with Gasteiger partial charge in [-0.2, -0.15) is 0 Å². The third kappa shape index (κ3) is 3.18. The minimum Gasteiger partial charge on any atom is -0.411 e. The molecule has 0 radical (unpaired) electrons. The molecule has 0 aliphatic carbocycles. The van der Waals surface area contributed by atoms with Crippen LogP contribution in [-0.4, -0.2) is 23.1 Å². The minimum atomic E-state index is 0.0911. The van der Waals surface area contributed by atoms with E-state index in [0.717, 1.165) is 12.0 Å². The molecule has 0 saturated carbocycles. The smallest absolute Gasteiger partial charge is 0.0510 e. The Kier molecular flexibility index (Phi) is 4.72. The van der Waals surface area contributed by atoms with Crippen LogP contribution >= 0.6 is 0 Å². The summed E-state index contributed by atoms with van der Waals surface area (Å²) < 4.78 is 0. The van der Waals surface area contributed by atoms with E-state index in [9.17, 15) is 0 Å². The highest BCUT2D eigenvalue weighted by atomic mass is 16.4. The minimum absolute atomic E-state index is 0.0911. The lowest BCUT2D eigenvalue weighted by Gasteiger charge is -2.10. The summed E-state index contributed by atoms with van der Waals surface area (Å²) in [6.45, 7) is 0.169. The normalized spacial score (nSPS) is 13.2. The van der Waals surface area contributed by atoms with Crippen molar-refractivity contribution in [1.82, 2.24) is 0 Å². The van der Waals surface area contributed by atoms with Crippen molar-refractivity contribution in [1.29, 1.82) is 0 Å². The molecule has 1 aromatic rings. The molecule has 1 unspecified atom stereocenters. The van der Waals surface area contributed by atoms with E-state index in [1.54, 1.807) is 0 Å². The van der Waals surface area contributed by atoms with E-state index < -0.39 is 0 Å². The van der Waals surface area contributed by atoms with Crippen molar-refractivity contribution < 1.29 is 10.3 Å². The predicted molar refractivity (Wildman–Crippen MR) is 55.8 cm³/mol. The summed E-state index contributed by atoms with van der Waals surface area (Å²) >= 11 is 0. The van der Waals surface area contributed by atoms with Gasteiger partial charge in [-0.05, 0) is 18.4 Å². The quantitative estimate of drug-likeness (QED) is 0.427. The first-order valence-electron chi connectivity index (χ1n) is 4.72. The van der Waals surface area contributed by atoms with Crippen LogP contribution in [0.1, 0.15) is 24.3 Å². The molecule has 0 aliphatic heterocycles. The van der Waals surface area contributed by atoms with E-state index in [-0.39, 0.29) is 12.5 Å². The fourth-order valence-corrected chi connectivity index (χ4v) is 1.42. The highest BCUT2D eigenvalue weighted by Gasteiger charge is 2.07. The second-order valence-corrected chi connectivity index (χ2v) is 3.15. The van der Waals surface area contributed by atoms with Crippen LogP contribution in [0.3, 0.4) is 0 Å². The van der Waals surface area contributed by atoms with Gasteiger partial charge in [0.25, 0.3) is 0 Å². The zero-order chi connectivity index (χ0) is 10.2. The molecule has 0 heterocycles. The van der Waals surface area contributed by atoms with Crippen LogP contribution in [0.5, 0.6) is 0 Å². The molecule has 0 amide bonds. The summed E-state index contributed by atoms with van der Waals surface area (Å²) in [5, 5.41) is 20.3. The number of hydrogen-bond acceptors (Lipinski definition) is 3. The van der Waals surface area contributed by atoms with E-state index in [1.807, 2.05) is 30.3 Å². The van der Waals surface area contributed by atoms with E-state index in [4.69, 9.17) is 10.3 Å². The van der Waals surface area contributed by atoms with Crippen molar-refractivity contribution in [2.24, 2.45) is 5.16 Å². The molecular formula is C11H15NO2. The highest BCUT2D eigenvalue weighted by Crippen LogP contribution is 2.18. The summed E-state index contributed by atoms with van der Waals surface area (Å²) in [6, 6.07) is 9.83. The second-order valence-electron chi connectivity index (χ2n) is 3.15. The largest absolute Gasteiger partial charge is 0.411 e. The summed E-state index contributed by atoms with van der Waals surface area (Å²) in [5.41, 5.74) is 1.11. The summed E-state index contributed by atoms with van der Waals surface area (Å²) in [7, 11) is 0. The molecule has 1 rings (SSSR count). The van der Waals surface area contributed by atoms with E-state index in [2.05, 4.69) is 5.16 Å². The van der Waals surface area contributed by atoms with Gasteiger partial charge in [0.15, 0.2) is 0 Å².